The summed E-state index contributed by atoms with van der Waals surface area (Å²) >= 11 is 0. The van der Waals surface area contributed by atoms with Crippen LogP contribution in [-0.4, -0.2) is 70.0 Å². The molecule has 0 amide bonds. The Bertz CT molecular complexity index is 1160. The molecule has 68 heavy (non-hydrogen) atoms. The second kappa shape index (κ2) is 50.7. The molecule has 0 aliphatic heterocycles. The number of allylic oxidation sites excluding steroid dienone is 2. The average molecular weight is 985 g/mol. The molecular formula is C58H114NO8P. The molecule has 2 atom stereocenters. The lowest BCUT2D eigenvalue weighted by atomic mass is 10.0. The summed E-state index contributed by atoms with van der Waals surface area (Å²) in [5.41, 5.74) is 0. The normalized spacial score (nSPS) is 13.3. The third-order valence-electron chi connectivity index (χ3n) is 13.3. The van der Waals surface area contributed by atoms with E-state index in [1.165, 1.54) is 231 Å². The highest BCUT2D eigenvalue weighted by Crippen LogP contribution is 2.38. The van der Waals surface area contributed by atoms with Gasteiger partial charge in [0.1, 0.15) is 19.8 Å². The van der Waals surface area contributed by atoms with Gasteiger partial charge in [0.05, 0.1) is 27.7 Å². The molecule has 0 heterocycles. The molecular weight excluding hydrogens is 870 g/mol. The Labute approximate surface area is 422 Å². The Kier molecular flexibility index (Phi) is 49.8. The summed E-state index contributed by atoms with van der Waals surface area (Å²) in [6, 6.07) is 0. The van der Waals surface area contributed by atoms with Gasteiger partial charge >= 0.3 is 11.9 Å². The van der Waals surface area contributed by atoms with Crippen LogP contribution in [-0.2, 0) is 32.7 Å². The molecule has 0 radical (unpaired) electrons. The molecule has 0 saturated heterocycles. The summed E-state index contributed by atoms with van der Waals surface area (Å²) in [6.45, 7) is 4.28. The monoisotopic (exact) mass is 984 g/mol. The second-order valence-electron chi connectivity index (χ2n) is 21.4. The number of carbonyl (C=O) groups excluding carboxylic acids is 2. The number of unbranched alkanes of at least 4 members (excludes halogenated alkanes) is 39. The fourth-order valence-corrected chi connectivity index (χ4v) is 9.44. The van der Waals surface area contributed by atoms with Crippen molar-refractivity contribution in [2.45, 2.75) is 302 Å². The molecule has 2 unspecified atom stereocenters. The third-order valence-corrected chi connectivity index (χ3v) is 14.2. The van der Waals surface area contributed by atoms with Crippen molar-refractivity contribution in [1.29, 1.82) is 0 Å². The van der Waals surface area contributed by atoms with E-state index in [9.17, 15) is 19.0 Å². The van der Waals surface area contributed by atoms with E-state index < -0.39 is 26.5 Å². The van der Waals surface area contributed by atoms with E-state index >= 15 is 0 Å². The van der Waals surface area contributed by atoms with Crippen molar-refractivity contribution < 1.29 is 42.1 Å². The fourth-order valence-electron chi connectivity index (χ4n) is 8.71. The fraction of sp³-hybridized carbons (Fsp3) is 0.931. The summed E-state index contributed by atoms with van der Waals surface area (Å²) < 4.78 is 34.1. The number of ether oxygens (including phenoxy) is 2. The van der Waals surface area contributed by atoms with Gasteiger partial charge < -0.3 is 27.9 Å². The van der Waals surface area contributed by atoms with Gasteiger partial charge in [0, 0.05) is 12.8 Å². The van der Waals surface area contributed by atoms with Gasteiger partial charge in [0.25, 0.3) is 7.82 Å². The van der Waals surface area contributed by atoms with Crippen molar-refractivity contribution in [2.75, 3.05) is 47.5 Å². The molecule has 0 aliphatic rings. The number of likely N-dealkylation sites (N-methyl/N-ethyl adjacent to an activating group) is 1. The molecule has 0 spiro atoms. The first-order chi connectivity index (χ1) is 33.0. The third kappa shape index (κ3) is 54.1. The lowest BCUT2D eigenvalue weighted by molar-refractivity contribution is -0.870. The maximum atomic E-state index is 12.8. The second-order valence-corrected chi connectivity index (χ2v) is 22.8. The zero-order chi connectivity index (χ0) is 49.9. The van der Waals surface area contributed by atoms with Crippen LogP contribution in [0.15, 0.2) is 12.2 Å². The van der Waals surface area contributed by atoms with Crippen molar-refractivity contribution in [3.8, 4) is 0 Å². The lowest BCUT2D eigenvalue weighted by Crippen LogP contribution is -2.37. The highest BCUT2D eigenvalue weighted by molar-refractivity contribution is 7.45. The molecule has 0 rings (SSSR count). The van der Waals surface area contributed by atoms with Crippen LogP contribution in [0, 0.1) is 0 Å². The minimum Gasteiger partial charge on any atom is -0.756 e. The minimum absolute atomic E-state index is 0.0263. The number of phosphoric acid groups is 1. The maximum absolute atomic E-state index is 12.8. The maximum Gasteiger partial charge on any atom is 0.306 e. The summed E-state index contributed by atoms with van der Waals surface area (Å²) in [7, 11) is 1.19. The van der Waals surface area contributed by atoms with E-state index in [4.69, 9.17) is 18.5 Å². The van der Waals surface area contributed by atoms with E-state index in [-0.39, 0.29) is 32.0 Å². The van der Waals surface area contributed by atoms with E-state index in [1.54, 1.807) is 0 Å². The van der Waals surface area contributed by atoms with Crippen molar-refractivity contribution in [3.63, 3.8) is 0 Å². The van der Waals surface area contributed by atoms with Gasteiger partial charge in [-0.2, -0.15) is 0 Å². The topological polar surface area (TPSA) is 111 Å². The Hall–Kier alpha value is -1.25. The Morgan fingerprint density at radius 3 is 1.09 bits per heavy atom. The molecule has 0 saturated carbocycles. The number of phosphoric ester groups is 1. The van der Waals surface area contributed by atoms with Gasteiger partial charge in [-0.15, -0.1) is 0 Å². The number of hydrogen-bond acceptors (Lipinski definition) is 8. The van der Waals surface area contributed by atoms with Crippen molar-refractivity contribution in [1.82, 2.24) is 0 Å². The zero-order valence-electron chi connectivity index (χ0n) is 45.8. The summed E-state index contributed by atoms with van der Waals surface area (Å²) in [5, 5.41) is 0. The molecule has 0 aromatic rings. The molecule has 0 bridgehead atoms. The van der Waals surface area contributed by atoms with Crippen LogP contribution < -0.4 is 4.89 Å². The van der Waals surface area contributed by atoms with E-state index in [2.05, 4.69) is 26.0 Å². The van der Waals surface area contributed by atoms with Gasteiger partial charge in [-0.3, -0.25) is 14.2 Å². The Morgan fingerprint density at radius 1 is 0.441 bits per heavy atom. The number of esters is 2. The van der Waals surface area contributed by atoms with Crippen LogP contribution in [0.4, 0.5) is 0 Å². The predicted molar refractivity (Wildman–Crippen MR) is 287 cm³/mol. The van der Waals surface area contributed by atoms with Crippen LogP contribution in [0.5, 0.6) is 0 Å². The molecule has 0 N–H and O–H groups in total. The van der Waals surface area contributed by atoms with Gasteiger partial charge in [0.2, 0.25) is 0 Å². The highest BCUT2D eigenvalue weighted by Gasteiger charge is 2.22. The SMILES string of the molecule is CCCCCCCCCC/C=C\CCCCCCCCCCCCCCCCCCCCCC(=O)OC(COC(=O)CCCCCCCCCCCCCCC)COP(=O)([O-])OCC[N+](C)(C)C. The number of quaternary nitrogens is 1. The molecule has 404 valence electrons. The lowest BCUT2D eigenvalue weighted by Gasteiger charge is -2.28. The smallest absolute Gasteiger partial charge is 0.306 e. The Balaban J connectivity index is 3.99. The average Bonchev–Trinajstić information content (AvgIpc) is 3.30. The van der Waals surface area contributed by atoms with E-state index in [0.29, 0.717) is 17.4 Å². The zero-order valence-corrected chi connectivity index (χ0v) is 46.7. The van der Waals surface area contributed by atoms with Gasteiger partial charge in [-0.25, -0.2) is 0 Å². The first-order valence-electron chi connectivity index (χ1n) is 29.4. The molecule has 0 aliphatic carbocycles. The quantitative estimate of drug-likeness (QED) is 0.0195. The van der Waals surface area contributed by atoms with Gasteiger partial charge in [0.15, 0.2) is 6.10 Å². The first-order valence-corrected chi connectivity index (χ1v) is 30.9. The summed E-state index contributed by atoms with van der Waals surface area (Å²) in [5.74, 6) is -0.815. The highest BCUT2D eigenvalue weighted by atomic mass is 31.2. The largest absolute Gasteiger partial charge is 0.756 e. The van der Waals surface area contributed by atoms with Crippen LogP contribution in [0.1, 0.15) is 296 Å². The van der Waals surface area contributed by atoms with Gasteiger partial charge in [-0.1, -0.05) is 257 Å². The standard InChI is InChI=1S/C58H114NO8P/c1-6-8-10-12-14-16-18-20-21-22-23-24-25-26-27-28-29-30-31-32-33-34-35-36-37-39-41-43-45-47-49-51-58(61)67-56(55-66-68(62,63)65-53-52-59(3,4)5)54-64-57(60)50-48-46-44-42-40-38-19-17-15-13-11-9-7-2/h22-23,56H,6-21,24-55H2,1-5H3/b23-22-. The summed E-state index contributed by atoms with van der Waals surface area (Å²) in [6.07, 6.45) is 58.4. The number of rotatable bonds is 55. The van der Waals surface area contributed by atoms with Gasteiger partial charge in [-0.05, 0) is 38.5 Å². The van der Waals surface area contributed by atoms with Crippen LogP contribution in [0.2, 0.25) is 0 Å². The number of nitrogens with zero attached hydrogens (tertiary/aromatic N) is 1. The van der Waals surface area contributed by atoms with E-state index in [0.717, 1.165) is 32.1 Å². The predicted octanol–water partition coefficient (Wildman–Crippen LogP) is 17.4. The van der Waals surface area contributed by atoms with E-state index in [1.807, 2.05) is 21.1 Å². The Morgan fingerprint density at radius 2 is 0.750 bits per heavy atom. The van der Waals surface area contributed by atoms with Crippen LogP contribution in [0.25, 0.3) is 0 Å². The first kappa shape index (κ1) is 66.8. The summed E-state index contributed by atoms with van der Waals surface area (Å²) in [4.78, 5) is 37.8. The van der Waals surface area contributed by atoms with Crippen molar-refractivity contribution in [2.24, 2.45) is 0 Å². The number of carbonyl (C=O) groups is 2. The van der Waals surface area contributed by atoms with Crippen molar-refractivity contribution in [3.05, 3.63) is 12.2 Å². The molecule has 0 aromatic heterocycles. The number of hydrogen-bond donors (Lipinski definition) is 0. The molecule has 9 nitrogen and oxygen atoms in total. The molecule has 10 heteroatoms. The molecule has 0 aromatic carbocycles. The molecule has 0 fully saturated rings. The van der Waals surface area contributed by atoms with Crippen LogP contribution >= 0.6 is 7.82 Å². The minimum atomic E-state index is -4.63. The van der Waals surface area contributed by atoms with Crippen molar-refractivity contribution >= 4 is 19.8 Å². The van der Waals surface area contributed by atoms with Crippen LogP contribution in [0.3, 0.4) is 0 Å².